The van der Waals surface area contributed by atoms with Crippen molar-refractivity contribution >= 4 is 0 Å². The Morgan fingerprint density at radius 2 is 1.86 bits per heavy atom. The molecule has 0 aliphatic rings. The van der Waals surface area contributed by atoms with Gasteiger partial charge in [-0.25, -0.2) is 9.37 Å². The van der Waals surface area contributed by atoms with Gasteiger partial charge in [-0.05, 0) is 49.1 Å². The monoisotopic (exact) mass is 381 g/mol. The third-order valence-corrected chi connectivity index (χ3v) is 5.05. The molecular formula is C23H28FN3O. The Kier molecular flexibility index (Phi) is 6.82. The average molecular weight is 381 g/mol. The van der Waals surface area contributed by atoms with Crippen LogP contribution in [0.1, 0.15) is 28.7 Å². The molecule has 3 aromatic rings. The van der Waals surface area contributed by atoms with Gasteiger partial charge in [0.05, 0.1) is 13.4 Å². The quantitative estimate of drug-likeness (QED) is 0.536. The Morgan fingerprint density at radius 1 is 1.07 bits per heavy atom. The van der Waals surface area contributed by atoms with Gasteiger partial charge in [0.2, 0.25) is 0 Å². The molecule has 0 N–H and O–H groups in total. The number of ether oxygens (including phenoxy) is 1. The highest BCUT2D eigenvalue weighted by Gasteiger charge is 2.13. The van der Waals surface area contributed by atoms with Crippen molar-refractivity contribution in [2.45, 2.75) is 39.9 Å². The number of aryl methyl sites for hydroxylation is 3. The Bertz CT molecular complexity index is 893. The van der Waals surface area contributed by atoms with E-state index < -0.39 is 0 Å². The summed E-state index contributed by atoms with van der Waals surface area (Å²) in [7, 11) is 1.70. The first-order valence-corrected chi connectivity index (χ1v) is 9.62. The van der Waals surface area contributed by atoms with Crippen LogP contribution < -0.4 is 4.74 Å². The van der Waals surface area contributed by atoms with E-state index >= 15 is 0 Å². The van der Waals surface area contributed by atoms with Gasteiger partial charge in [-0.3, -0.25) is 4.90 Å². The molecule has 4 nitrogen and oxygen atoms in total. The molecule has 0 saturated carbocycles. The van der Waals surface area contributed by atoms with Crippen molar-refractivity contribution < 1.29 is 9.13 Å². The minimum atomic E-state index is -0.148. The van der Waals surface area contributed by atoms with Gasteiger partial charge in [-0.2, -0.15) is 0 Å². The third-order valence-electron chi connectivity index (χ3n) is 5.05. The van der Waals surface area contributed by atoms with E-state index in [2.05, 4.69) is 40.4 Å². The molecule has 1 heterocycles. The number of hydrogen-bond donors (Lipinski definition) is 0. The van der Waals surface area contributed by atoms with E-state index in [9.17, 15) is 4.39 Å². The minimum absolute atomic E-state index is 0.148. The average Bonchev–Trinajstić information content (AvgIpc) is 3.19. The summed E-state index contributed by atoms with van der Waals surface area (Å²) in [4.78, 5) is 6.40. The standard InChI is InChI=1S/C23H28FN3O/c1-18-14-23(28-3)19(2)13-21(18)16-27(11-6-10-26-12-9-25-17-26)15-20-7-4-5-8-22(20)24/h4-5,7-9,12-14,17H,6,10-11,15-16H2,1-3H3. The van der Waals surface area contributed by atoms with Crippen molar-refractivity contribution in [3.8, 4) is 5.75 Å². The number of imidazole rings is 1. The Hall–Kier alpha value is -2.66. The molecule has 0 unspecified atom stereocenters. The van der Waals surface area contributed by atoms with E-state index in [0.29, 0.717) is 6.54 Å². The molecule has 0 spiro atoms. The molecule has 3 rings (SSSR count). The second-order valence-corrected chi connectivity index (χ2v) is 7.20. The van der Waals surface area contributed by atoms with Gasteiger partial charge in [-0.1, -0.05) is 24.3 Å². The number of aromatic nitrogens is 2. The summed E-state index contributed by atoms with van der Waals surface area (Å²) in [6, 6.07) is 11.3. The van der Waals surface area contributed by atoms with Crippen molar-refractivity contribution in [2.75, 3.05) is 13.7 Å². The second-order valence-electron chi connectivity index (χ2n) is 7.20. The zero-order valence-electron chi connectivity index (χ0n) is 16.9. The maximum absolute atomic E-state index is 14.2. The summed E-state index contributed by atoms with van der Waals surface area (Å²) in [5, 5.41) is 0. The molecule has 5 heteroatoms. The maximum atomic E-state index is 14.2. The first kappa shape index (κ1) is 20.1. The van der Waals surface area contributed by atoms with Crippen molar-refractivity contribution in [3.05, 3.63) is 83.2 Å². The molecule has 0 radical (unpaired) electrons. The highest BCUT2D eigenvalue weighted by Crippen LogP contribution is 2.24. The van der Waals surface area contributed by atoms with E-state index in [1.54, 1.807) is 19.4 Å². The van der Waals surface area contributed by atoms with Crippen LogP contribution in [0.25, 0.3) is 0 Å². The molecular weight excluding hydrogens is 353 g/mol. The molecule has 0 fully saturated rings. The molecule has 1 aromatic heterocycles. The lowest BCUT2D eigenvalue weighted by atomic mass is 10.0. The number of halogens is 1. The van der Waals surface area contributed by atoms with Crippen molar-refractivity contribution in [3.63, 3.8) is 0 Å². The topological polar surface area (TPSA) is 30.3 Å². The van der Waals surface area contributed by atoms with Gasteiger partial charge in [-0.15, -0.1) is 0 Å². The fourth-order valence-electron chi connectivity index (χ4n) is 3.46. The third kappa shape index (κ3) is 5.20. The fourth-order valence-corrected chi connectivity index (χ4v) is 3.46. The lowest BCUT2D eigenvalue weighted by molar-refractivity contribution is 0.244. The molecule has 2 aromatic carbocycles. The Labute approximate surface area is 166 Å². The van der Waals surface area contributed by atoms with Gasteiger partial charge in [0, 0.05) is 44.1 Å². The first-order chi connectivity index (χ1) is 13.6. The lowest BCUT2D eigenvalue weighted by Crippen LogP contribution is -2.26. The van der Waals surface area contributed by atoms with E-state index in [0.717, 1.165) is 42.9 Å². The molecule has 0 saturated heterocycles. The summed E-state index contributed by atoms with van der Waals surface area (Å²) in [5.41, 5.74) is 4.29. The van der Waals surface area contributed by atoms with E-state index in [1.165, 1.54) is 17.2 Å². The SMILES string of the molecule is COc1cc(C)c(CN(CCCn2ccnc2)Cc2ccccc2F)cc1C. The lowest BCUT2D eigenvalue weighted by Gasteiger charge is -2.24. The van der Waals surface area contributed by atoms with Gasteiger partial charge >= 0.3 is 0 Å². The number of benzene rings is 2. The van der Waals surface area contributed by atoms with Crippen LogP contribution in [0.4, 0.5) is 4.39 Å². The number of nitrogens with zero attached hydrogens (tertiary/aromatic N) is 3. The summed E-state index contributed by atoms with van der Waals surface area (Å²) >= 11 is 0. The maximum Gasteiger partial charge on any atom is 0.127 e. The van der Waals surface area contributed by atoms with Crippen LogP contribution in [0.2, 0.25) is 0 Å². The van der Waals surface area contributed by atoms with Crippen LogP contribution >= 0.6 is 0 Å². The van der Waals surface area contributed by atoms with E-state index in [1.807, 2.05) is 24.7 Å². The molecule has 28 heavy (non-hydrogen) atoms. The van der Waals surface area contributed by atoms with Crippen LogP contribution in [0.5, 0.6) is 5.75 Å². The van der Waals surface area contributed by atoms with Crippen molar-refractivity contribution in [2.24, 2.45) is 0 Å². The predicted molar refractivity (Wildman–Crippen MR) is 110 cm³/mol. The number of rotatable bonds is 9. The number of hydrogen-bond acceptors (Lipinski definition) is 3. The molecule has 0 atom stereocenters. The summed E-state index contributed by atoms with van der Waals surface area (Å²) in [6.45, 7) is 7.29. The second kappa shape index (κ2) is 9.51. The van der Waals surface area contributed by atoms with Crippen LogP contribution in [-0.2, 0) is 19.6 Å². The van der Waals surface area contributed by atoms with E-state index in [4.69, 9.17) is 4.74 Å². The smallest absolute Gasteiger partial charge is 0.127 e. The van der Waals surface area contributed by atoms with Crippen LogP contribution in [0.15, 0.2) is 55.1 Å². The summed E-state index contributed by atoms with van der Waals surface area (Å²) in [6.07, 6.45) is 6.57. The van der Waals surface area contributed by atoms with Gasteiger partial charge in [0.25, 0.3) is 0 Å². The molecule has 0 bridgehead atoms. The Balaban J connectivity index is 1.75. The molecule has 0 aliphatic heterocycles. The first-order valence-electron chi connectivity index (χ1n) is 9.62. The largest absolute Gasteiger partial charge is 0.496 e. The van der Waals surface area contributed by atoms with Gasteiger partial charge < -0.3 is 9.30 Å². The summed E-state index contributed by atoms with van der Waals surface area (Å²) < 4.78 is 21.7. The van der Waals surface area contributed by atoms with Crippen LogP contribution in [0.3, 0.4) is 0 Å². The predicted octanol–water partition coefficient (Wildman–Crippen LogP) is 4.74. The van der Waals surface area contributed by atoms with E-state index in [-0.39, 0.29) is 5.82 Å². The highest BCUT2D eigenvalue weighted by molar-refractivity contribution is 5.41. The van der Waals surface area contributed by atoms with Crippen LogP contribution in [0, 0.1) is 19.7 Å². The van der Waals surface area contributed by atoms with Crippen molar-refractivity contribution in [1.29, 1.82) is 0 Å². The normalized spacial score (nSPS) is 11.2. The highest BCUT2D eigenvalue weighted by atomic mass is 19.1. The fraction of sp³-hybridized carbons (Fsp3) is 0.348. The zero-order chi connectivity index (χ0) is 19.9. The zero-order valence-corrected chi connectivity index (χ0v) is 16.9. The molecule has 0 amide bonds. The molecule has 148 valence electrons. The van der Waals surface area contributed by atoms with Crippen LogP contribution in [-0.4, -0.2) is 28.1 Å². The number of methoxy groups -OCH3 is 1. The Morgan fingerprint density at radius 3 is 2.57 bits per heavy atom. The summed E-state index contributed by atoms with van der Waals surface area (Å²) in [5.74, 6) is 0.756. The van der Waals surface area contributed by atoms with Crippen molar-refractivity contribution in [1.82, 2.24) is 14.5 Å². The van der Waals surface area contributed by atoms with Gasteiger partial charge in [0.15, 0.2) is 0 Å². The van der Waals surface area contributed by atoms with Gasteiger partial charge in [0.1, 0.15) is 11.6 Å². The molecule has 0 aliphatic carbocycles. The minimum Gasteiger partial charge on any atom is -0.496 e.